The van der Waals surface area contributed by atoms with Crippen molar-refractivity contribution >= 4 is 28.2 Å². The van der Waals surface area contributed by atoms with Crippen molar-refractivity contribution in [3.63, 3.8) is 0 Å². The molecular formula is C23H25N3O. The van der Waals surface area contributed by atoms with Crippen LogP contribution in [0.15, 0.2) is 54.6 Å². The zero-order chi connectivity index (χ0) is 18.8. The fourth-order valence-corrected chi connectivity index (χ4v) is 3.55. The van der Waals surface area contributed by atoms with Gasteiger partial charge < -0.3 is 10.2 Å². The molecule has 138 valence electrons. The number of anilines is 2. The summed E-state index contributed by atoms with van der Waals surface area (Å²) >= 11 is 0. The van der Waals surface area contributed by atoms with Gasteiger partial charge >= 0.3 is 0 Å². The Kier molecular flexibility index (Phi) is 4.80. The van der Waals surface area contributed by atoms with E-state index in [-0.39, 0.29) is 11.8 Å². The number of hydrogen-bond acceptors (Lipinski definition) is 3. The van der Waals surface area contributed by atoms with Crippen LogP contribution in [0.4, 0.5) is 11.4 Å². The highest BCUT2D eigenvalue weighted by Crippen LogP contribution is 2.34. The Morgan fingerprint density at radius 1 is 1.04 bits per heavy atom. The Morgan fingerprint density at radius 2 is 1.78 bits per heavy atom. The first kappa shape index (κ1) is 17.5. The van der Waals surface area contributed by atoms with Crippen LogP contribution in [0.25, 0.3) is 22.2 Å². The lowest BCUT2D eigenvalue weighted by Crippen LogP contribution is -2.19. The smallest absolute Gasteiger partial charge is 0.226 e. The quantitative estimate of drug-likeness (QED) is 0.705. The van der Waals surface area contributed by atoms with Crippen molar-refractivity contribution in [2.75, 3.05) is 23.3 Å². The van der Waals surface area contributed by atoms with Gasteiger partial charge in [0.2, 0.25) is 5.91 Å². The highest BCUT2D eigenvalue weighted by Gasteiger charge is 2.18. The van der Waals surface area contributed by atoms with Crippen LogP contribution in [0.5, 0.6) is 0 Å². The van der Waals surface area contributed by atoms with Crippen molar-refractivity contribution < 1.29 is 4.79 Å². The molecule has 2 aromatic carbocycles. The second kappa shape index (κ2) is 7.39. The van der Waals surface area contributed by atoms with Crippen molar-refractivity contribution in [3.05, 3.63) is 54.6 Å². The molecular weight excluding hydrogens is 334 g/mol. The van der Waals surface area contributed by atoms with Crippen LogP contribution in [-0.4, -0.2) is 24.0 Å². The molecule has 0 spiro atoms. The minimum Gasteiger partial charge on any atom is -0.371 e. The average Bonchev–Trinajstić information content (AvgIpc) is 3.22. The highest BCUT2D eigenvalue weighted by atomic mass is 16.1. The zero-order valence-electron chi connectivity index (χ0n) is 15.9. The minimum absolute atomic E-state index is 0.0333. The number of amides is 1. The van der Waals surface area contributed by atoms with Crippen LogP contribution in [0.1, 0.15) is 26.7 Å². The second-order valence-corrected chi connectivity index (χ2v) is 7.46. The van der Waals surface area contributed by atoms with E-state index in [0.717, 1.165) is 40.9 Å². The van der Waals surface area contributed by atoms with Gasteiger partial charge in [-0.2, -0.15) is 0 Å². The van der Waals surface area contributed by atoms with Crippen molar-refractivity contribution in [2.45, 2.75) is 26.7 Å². The molecule has 0 bridgehead atoms. The average molecular weight is 359 g/mol. The van der Waals surface area contributed by atoms with Crippen molar-refractivity contribution in [3.8, 4) is 11.3 Å². The maximum Gasteiger partial charge on any atom is 0.226 e. The molecule has 4 heteroatoms. The Morgan fingerprint density at radius 3 is 2.48 bits per heavy atom. The predicted octanol–water partition coefficient (Wildman–Crippen LogP) is 5.10. The summed E-state index contributed by atoms with van der Waals surface area (Å²) in [6.45, 7) is 5.94. The molecule has 1 amide bonds. The van der Waals surface area contributed by atoms with Crippen LogP contribution in [-0.2, 0) is 4.79 Å². The van der Waals surface area contributed by atoms with Crippen molar-refractivity contribution in [1.29, 1.82) is 0 Å². The summed E-state index contributed by atoms with van der Waals surface area (Å²) in [5.74, 6) is -0.0109. The number of nitrogens with one attached hydrogen (secondary N) is 1. The van der Waals surface area contributed by atoms with Crippen LogP contribution < -0.4 is 10.2 Å². The Balaban J connectivity index is 1.82. The van der Waals surface area contributed by atoms with Gasteiger partial charge in [-0.1, -0.05) is 44.2 Å². The summed E-state index contributed by atoms with van der Waals surface area (Å²) in [4.78, 5) is 19.4. The number of nitrogens with zero attached hydrogens (tertiary/aromatic N) is 2. The Labute approximate surface area is 160 Å². The third-order valence-electron chi connectivity index (χ3n) is 5.10. The summed E-state index contributed by atoms with van der Waals surface area (Å²) in [5, 5.41) is 4.11. The molecule has 0 aliphatic carbocycles. The molecule has 1 saturated heterocycles. The van der Waals surface area contributed by atoms with E-state index in [9.17, 15) is 4.79 Å². The van der Waals surface area contributed by atoms with E-state index in [2.05, 4.69) is 34.5 Å². The van der Waals surface area contributed by atoms with E-state index in [1.54, 1.807) is 0 Å². The fourth-order valence-electron chi connectivity index (χ4n) is 3.55. The molecule has 2 heterocycles. The van der Waals surface area contributed by atoms with Gasteiger partial charge in [-0.25, -0.2) is 4.98 Å². The Hall–Kier alpha value is -2.88. The van der Waals surface area contributed by atoms with Crippen LogP contribution >= 0.6 is 0 Å². The van der Waals surface area contributed by atoms with E-state index in [4.69, 9.17) is 4.98 Å². The molecule has 27 heavy (non-hydrogen) atoms. The summed E-state index contributed by atoms with van der Waals surface area (Å²) in [7, 11) is 0. The number of pyridine rings is 1. The van der Waals surface area contributed by atoms with E-state index >= 15 is 0 Å². The highest BCUT2D eigenvalue weighted by molar-refractivity contribution is 5.99. The molecule has 1 aliphatic rings. The monoisotopic (exact) mass is 359 g/mol. The van der Waals surface area contributed by atoms with Crippen molar-refractivity contribution in [1.82, 2.24) is 4.98 Å². The summed E-state index contributed by atoms with van der Waals surface area (Å²) < 4.78 is 0. The van der Waals surface area contributed by atoms with Gasteiger partial charge in [0, 0.05) is 41.3 Å². The molecule has 0 atom stereocenters. The number of aromatic nitrogens is 1. The molecule has 4 nitrogen and oxygen atoms in total. The van der Waals surface area contributed by atoms with E-state index < -0.39 is 0 Å². The molecule has 0 unspecified atom stereocenters. The second-order valence-electron chi connectivity index (χ2n) is 7.46. The van der Waals surface area contributed by atoms with Gasteiger partial charge in [-0.3, -0.25) is 4.79 Å². The van der Waals surface area contributed by atoms with Gasteiger partial charge in [0.15, 0.2) is 0 Å². The molecule has 4 rings (SSSR count). The summed E-state index contributed by atoms with van der Waals surface area (Å²) in [5.41, 5.74) is 5.11. The van der Waals surface area contributed by atoms with Gasteiger partial charge in [0.1, 0.15) is 0 Å². The predicted molar refractivity (Wildman–Crippen MR) is 112 cm³/mol. The lowest BCUT2D eigenvalue weighted by Gasteiger charge is -2.21. The third kappa shape index (κ3) is 3.65. The molecule has 1 N–H and O–H groups in total. The standard InChI is InChI=1S/C23H25N3O/c1-16(2)23(27)24-18-10-11-20-19(14-18)22(26-12-6-7-13-26)15-21(25-20)17-8-4-3-5-9-17/h3-5,8-11,14-16H,6-7,12-13H2,1-2H3,(H,24,27). The van der Waals surface area contributed by atoms with Gasteiger partial charge in [-0.15, -0.1) is 0 Å². The normalized spacial score (nSPS) is 14.1. The first-order valence-electron chi connectivity index (χ1n) is 9.68. The molecule has 1 aliphatic heterocycles. The van der Waals surface area contributed by atoms with Gasteiger partial charge in [0.05, 0.1) is 11.2 Å². The lowest BCUT2D eigenvalue weighted by atomic mass is 10.1. The SMILES string of the molecule is CC(C)C(=O)Nc1ccc2nc(-c3ccccc3)cc(N3CCCC3)c2c1. The topological polar surface area (TPSA) is 45.2 Å². The maximum atomic E-state index is 12.1. The number of carbonyl (C=O) groups excluding carboxylic acids is 1. The van der Waals surface area contributed by atoms with Gasteiger partial charge in [0.25, 0.3) is 0 Å². The first-order valence-corrected chi connectivity index (χ1v) is 9.68. The maximum absolute atomic E-state index is 12.1. The minimum atomic E-state index is -0.0441. The first-order chi connectivity index (χ1) is 13.1. The summed E-state index contributed by atoms with van der Waals surface area (Å²) in [6, 6.07) is 18.5. The molecule has 1 fully saturated rings. The lowest BCUT2D eigenvalue weighted by molar-refractivity contribution is -0.118. The Bertz CT molecular complexity index is 960. The number of rotatable bonds is 4. The van der Waals surface area contributed by atoms with E-state index in [1.807, 2.05) is 44.2 Å². The molecule has 0 saturated carbocycles. The van der Waals surface area contributed by atoms with E-state index in [0.29, 0.717) is 0 Å². The number of fused-ring (bicyclic) bond motifs is 1. The number of benzene rings is 2. The molecule has 0 radical (unpaired) electrons. The summed E-state index contributed by atoms with van der Waals surface area (Å²) in [6.07, 6.45) is 2.43. The molecule has 3 aromatic rings. The largest absolute Gasteiger partial charge is 0.371 e. The van der Waals surface area contributed by atoms with Crippen molar-refractivity contribution in [2.24, 2.45) is 5.92 Å². The zero-order valence-corrected chi connectivity index (χ0v) is 15.9. The van der Waals surface area contributed by atoms with Crippen LogP contribution in [0.2, 0.25) is 0 Å². The van der Waals surface area contributed by atoms with Crippen LogP contribution in [0.3, 0.4) is 0 Å². The van der Waals surface area contributed by atoms with Crippen LogP contribution in [0, 0.1) is 5.92 Å². The third-order valence-corrected chi connectivity index (χ3v) is 5.10. The fraction of sp³-hybridized carbons (Fsp3) is 0.304. The van der Waals surface area contributed by atoms with E-state index in [1.165, 1.54) is 18.5 Å². The molecule has 1 aromatic heterocycles. The number of carbonyl (C=O) groups is 1. The number of hydrogen-bond donors (Lipinski definition) is 1. The van der Waals surface area contributed by atoms with Gasteiger partial charge in [-0.05, 0) is 37.1 Å².